The third kappa shape index (κ3) is 2.43. The van der Waals surface area contributed by atoms with Gasteiger partial charge in [-0.05, 0) is 22.8 Å². The fourth-order valence-electron chi connectivity index (χ4n) is 1.75. The van der Waals surface area contributed by atoms with Crippen molar-refractivity contribution in [3.8, 4) is 0 Å². The van der Waals surface area contributed by atoms with Gasteiger partial charge in [0.1, 0.15) is 0 Å². The molecule has 0 fully saturated rings. The Morgan fingerprint density at radius 2 is 1.56 bits per heavy atom. The zero-order chi connectivity index (χ0) is 13.0. The lowest BCUT2D eigenvalue weighted by Gasteiger charge is -2.07. The van der Waals surface area contributed by atoms with Crippen molar-refractivity contribution in [1.82, 2.24) is 0 Å². The van der Waals surface area contributed by atoms with E-state index in [9.17, 15) is 4.79 Å². The molecule has 0 aromatic heterocycles. The van der Waals surface area contributed by atoms with Gasteiger partial charge < -0.3 is 5.41 Å². The summed E-state index contributed by atoms with van der Waals surface area (Å²) in [5, 5.41) is 6.99. The first kappa shape index (κ1) is 12.0. The number of hydrogen-bond acceptors (Lipinski definition) is 2. The van der Waals surface area contributed by atoms with Crippen molar-refractivity contribution >= 4 is 17.6 Å². The van der Waals surface area contributed by atoms with E-state index in [2.05, 4.69) is 6.58 Å². The van der Waals surface area contributed by atoms with Crippen LogP contribution in [-0.4, -0.2) is 12.0 Å². The van der Waals surface area contributed by atoms with Gasteiger partial charge in [0, 0.05) is 5.56 Å². The molecule has 2 aromatic carbocycles. The Morgan fingerprint density at radius 3 is 2.22 bits per heavy atom. The average Bonchev–Trinajstić information content (AvgIpc) is 2.46. The summed E-state index contributed by atoms with van der Waals surface area (Å²) in [7, 11) is 0. The van der Waals surface area contributed by atoms with E-state index in [0.717, 1.165) is 22.9 Å². The Morgan fingerprint density at radius 1 is 0.944 bits per heavy atom. The lowest BCUT2D eigenvalue weighted by Crippen LogP contribution is -1.99. The summed E-state index contributed by atoms with van der Waals surface area (Å²) in [6.07, 6.45) is 0.824. The van der Waals surface area contributed by atoms with Crippen LogP contribution in [0.2, 0.25) is 0 Å². The Bertz CT molecular complexity index is 600. The molecule has 2 heteroatoms. The number of carbonyl (C=O) groups is 1. The van der Waals surface area contributed by atoms with Gasteiger partial charge in [-0.2, -0.15) is 0 Å². The highest BCUT2D eigenvalue weighted by Gasteiger charge is 2.06. The molecule has 0 aliphatic rings. The molecular formula is C16H13NO. The first-order valence-electron chi connectivity index (χ1n) is 5.62. The quantitative estimate of drug-likeness (QED) is 0.638. The maximum Gasteiger partial charge on any atom is 0.203 e. The molecule has 18 heavy (non-hydrogen) atoms. The van der Waals surface area contributed by atoms with Crippen molar-refractivity contribution in [2.24, 2.45) is 0 Å². The van der Waals surface area contributed by atoms with E-state index in [1.54, 1.807) is 18.2 Å². The van der Waals surface area contributed by atoms with Crippen LogP contribution in [0.1, 0.15) is 21.5 Å². The molecule has 2 nitrogen and oxygen atoms in total. The van der Waals surface area contributed by atoms with E-state index >= 15 is 0 Å². The standard InChI is InChI=1S/C16H13NO/c1-12(13-6-3-2-4-7-13)14-8-5-9-15(10-14)16(18)11-17/h2-11,17H,1H2. The van der Waals surface area contributed by atoms with Gasteiger partial charge in [-0.15, -0.1) is 0 Å². The number of ketones is 1. The van der Waals surface area contributed by atoms with Crippen molar-refractivity contribution in [3.05, 3.63) is 77.9 Å². The van der Waals surface area contributed by atoms with Crippen LogP contribution >= 0.6 is 0 Å². The van der Waals surface area contributed by atoms with Crippen molar-refractivity contribution in [3.63, 3.8) is 0 Å². The van der Waals surface area contributed by atoms with Crippen molar-refractivity contribution in [2.45, 2.75) is 0 Å². The van der Waals surface area contributed by atoms with Crippen LogP contribution < -0.4 is 0 Å². The van der Waals surface area contributed by atoms with Crippen LogP contribution in [0.4, 0.5) is 0 Å². The predicted octanol–water partition coefficient (Wildman–Crippen LogP) is 3.58. The SMILES string of the molecule is C=C(c1ccccc1)c1cccc(C(=O)C=N)c1. The summed E-state index contributed by atoms with van der Waals surface area (Å²) in [4.78, 5) is 11.5. The minimum atomic E-state index is -0.294. The van der Waals surface area contributed by atoms with E-state index < -0.39 is 0 Å². The molecule has 1 N–H and O–H groups in total. The molecule has 2 rings (SSSR count). The smallest absolute Gasteiger partial charge is 0.203 e. The molecule has 0 heterocycles. The molecule has 2 aromatic rings. The highest BCUT2D eigenvalue weighted by Crippen LogP contribution is 2.22. The van der Waals surface area contributed by atoms with Gasteiger partial charge in [0.15, 0.2) is 0 Å². The van der Waals surface area contributed by atoms with E-state index in [0.29, 0.717) is 5.56 Å². The van der Waals surface area contributed by atoms with Crippen LogP contribution in [0.15, 0.2) is 61.2 Å². The molecule has 0 saturated heterocycles. The van der Waals surface area contributed by atoms with Crippen LogP contribution in [-0.2, 0) is 0 Å². The summed E-state index contributed by atoms with van der Waals surface area (Å²) >= 11 is 0. The predicted molar refractivity (Wildman–Crippen MR) is 74.1 cm³/mol. The minimum absolute atomic E-state index is 0.294. The van der Waals surface area contributed by atoms with Gasteiger partial charge in [0.25, 0.3) is 0 Å². The number of Topliss-reactive ketones (excluding diaryl/α,β-unsaturated/α-hetero) is 1. The number of hydrogen-bond donors (Lipinski definition) is 1. The van der Waals surface area contributed by atoms with Crippen LogP contribution in [0.5, 0.6) is 0 Å². The van der Waals surface area contributed by atoms with E-state index in [1.165, 1.54) is 0 Å². The first-order valence-corrected chi connectivity index (χ1v) is 5.62. The minimum Gasteiger partial charge on any atom is -0.305 e. The highest BCUT2D eigenvalue weighted by molar-refractivity contribution is 6.34. The zero-order valence-electron chi connectivity index (χ0n) is 9.89. The monoisotopic (exact) mass is 235 g/mol. The molecule has 0 aliphatic heterocycles. The topological polar surface area (TPSA) is 40.9 Å². The van der Waals surface area contributed by atoms with Crippen molar-refractivity contribution in [1.29, 1.82) is 5.41 Å². The second-order valence-electron chi connectivity index (χ2n) is 3.93. The maximum absolute atomic E-state index is 11.5. The lowest BCUT2D eigenvalue weighted by atomic mass is 9.97. The summed E-state index contributed by atoms with van der Waals surface area (Å²) in [6.45, 7) is 4.05. The molecule has 88 valence electrons. The zero-order valence-corrected chi connectivity index (χ0v) is 9.89. The highest BCUT2D eigenvalue weighted by atomic mass is 16.1. The summed E-state index contributed by atoms with van der Waals surface area (Å²) in [6, 6.07) is 17.0. The third-order valence-corrected chi connectivity index (χ3v) is 2.75. The van der Waals surface area contributed by atoms with Crippen molar-refractivity contribution < 1.29 is 4.79 Å². The molecule has 0 amide bonds. The number of benzene rings is 2. The molecule has 0 spiro atoms. The molecule has 0 bridgehead atoms. The van der Waals surface area contributed by atoms with Gasteiger partial charge in [0.05, 0.1) is 6.21 Å². The fraction of sp³-hybridized carbons (Fsp3) is 0. The summed E-state index contributed by atoms with van der Waals surface area (Å²) < 4.78 is 0. The summed E-state index contributed by atoms with van der Waals surface area (Å²) in [5.74, 6) is -0.294. The first-order chi connectivity index (χ1) is 8.72. The molecule has 0 radical (unpaired) electrons. The summed E-state index contributed by atoms with van der Waals surface area (Å²) in [5.41, 5.74) is 3.31. The number of carbonyl (C=O) groups excluding carboxylic acids is 1. The molecular weight excluding hydrogens is 222 g/mol. The third-order valence-electron chi connectivity index (χ3n) is 2.75. The van der Waals surface area contributed by atoms with Crippen molar-refractivity contribution in [2.75, 3.05) is 0 Å². The second kappa shape index (κ2) is 5.23. The number of rotatable bonds is 4. The second-order valence-corrected chi connectivity index (χ2v) is 3.93. The molecule has 0 unspecified atom stereocenters. The largest absolute Gasteiger partial charge is 0.305 e. The Labute approximate surface area is 106 Å². The van der Waals surface area contributed by atoms with E-state index in [-0.39, 0.29) is 5.78 Å². The molecule has 0 atom stereocenters. The van der Waals surface area contributed by atoms with Gasteiger partial charge in [-0.3, -0.25) is 4.79 Å². The van der Waals surface area contributed by atoms with E-state index in [1.807, 2.05) is 36.4 Å². The van der Waals surface area contributed by atoms with E-state index in [4.69, 9.17) is 5.41 Å². The fourth-order valence-corrected chi connectivity index (χ4v) is 1.75. The average molecular weight is 235 g/mol. The Kier molecular flexibility index (Phi) is 3.49. The maximum atomic E-state index is 11.5. The lowest BCUT2D eigenvalue weighted by molar-refractivity contribution is 0.107. The molecule has 0 aliphatic carbocycles. The van der Waals surface area contributed by atoms with Gasteiger partial charge in [-0.25, -0.2) is 0 Å². The Hall–Kier alpha value is -2.48. The normalized spacial score (nSPS) is 9.78. The van der Waals surface area contributed by atoms with Gasteiger partial charge in [-0.1, -0.05) is 55.1 Å². The van der Waals surface area contributed by atoms with Crippen LogP contribution in [0.25, 0.3) is 5.57 Å². The van der Waals surface area contributed by atoms with Crippen LogP contribution in [0, 0.1) is 5.41 Å². The Balaban J connectivity index is 2.37. The van der Waals surface area contributed by atoms with Crippen LogP contribution in [0.3, 0.4) is 0 Å². The van der Waals surface area contributed by atoms with Gasteiger partial charge in [0.2, 0.25) is 5.78 Å². The molecule has 0 saturated carbocycles. The van der Waals surface area contributed by atoms with Gasteiger partial charge >= 0.3 is 0 Å². The number of nitrogens with one attached hydrogen (secondary N) is 1.